The van der Waals surface area contributed by atoms with Gasteiger partial charge in [0, 0.05) is 39.1 Å². The molecule has 1 aliphatic rings. The minimum Gasteiger partial charge on any atom is -0.356 e. The summed E-state index contributed by atoms with van der Waals surface area (Å²) in [4.78, 5) is 13.9. The number of halogens is 1. The molecule has 134 valence electrons. The average Bonchev–Trinajstić information content (AvgIpc) is 2.55. The zero-order valence-corrected chi connectivity index (χ0v) is 14.7. The van der Waals surface area contributed by atoms with Crippen LogP contribution in [-0.2, 0) is 21.2 Å². The van der Waals surface area contributed by atoms with Gasteiger partial charge < -0.3 is 10.2 Å². The number of carbonyl (C=O) groups excluding carboxylic acids is 1. The van der Waals surface area contributed by atoms with E-state index in [1.165, 1.54) is 10.4 Å². The molecule has 1 fully saturated rings. The van der Waals surface area contributed by atoms with Gasteiger partial charge >= 0.3 is 0 Å². The molecule has 1 aromatic rings. The number of nitrogens with zero attached hydrogens (tertiary/aromatic N) is 2. The quantitative estimate of drug-likeness (QED) is 0.769. The molecule has 1 N–H and O–H groups in total. The van der Waals surface area contributed by atoms with Crippen LogP contribution in [0.15, 0.2) is 24.3 Å². The summed E-state index contributed by atoms with van der Waals surface area (Å²) in [6.07, 6.45) is 0.301. The Labute approximate surface area is 142 Å². The Morgan fingerprint density at radius 1 is 1.21 bits per heavy atom. The van der Waals surface area contributed by atoms with Crippen molar-refractivity contribution in [1.82, 2.24) is 14.5 Å². The van der Waals surface area contributed by atoms with Crippen LogP contribution in [0.1, 0.15) is 12.0 Å². The highest BCUT2D eigenvalue weighted by molar-refractivity contribution is 7.89. The van der Waals surface area contributed by atoms with Crippen molar-refractivity contribution in [2.45, 2.75) is 12.8 Å². The van der Waals surface area contributed by atoms with Crippen LogP contribution < -0.4 is 5.32 Å². The van der Waals surface area contributed by atoms with Crippen molar-refractivity contribution >= 4 is 15.9 Å². The highest BCUT2D eigenvalue weighted by Crippen LogP contribution is 2.08. The summed E-state index contributed by atoms with van der Waals surface area (Å²) >= 11 is 0. The molecule has 2 rings (SSSR count). The van der Waals surface area contributed by atoms with Gasteiger partial charge in [-0.25, -0.2) is 12.8 Å². The molecule has 1 heterocycles. The first-order valence-electron chi connectivity index (χ1n) is 8.05. The Hall–Kier alpha value is -1.51. The van der Waals surface area contributed by atoms with Gasteiger partial charge in [0.15, 0.2) is 0 Å². The first kappa shape index (κ1) is 18.8. The summed E-state index contributed by atoms with van der Waals surface area (Å²) in [6.45, 7) is 2.62. The second-order valence-corrected chi connectivity index (χ2v) is 8.05. The SMILES string of the molecule is CN1CCN(S(=O)(=O)CCC(=O)NCCc2ccccc2F)CC1. The Balaban J connectivity index is 1.71. The van der Waals surface area contributed by atoms with Crippen LogP contribution in [0.5, 0.6) is 0 Å². The molecule has 0 saturated carbocycles. The van der Waals surface area contributed by atoms with Gasteiger partial charge in [0.1, 0.15) is 5.82 Å². The summed E-state index contributed by atoms with van der Waals surface area (Å²) in [5.41, 5.74) is 0.530. The molecule has 1 amide bonds. The predicted molar refractivity (Wildman–Crippen MR) is 90.6 cm³/mol. The smallest absolute Gasteiger partial charge is 0.221 e. The summed E-state index contributed by atoms with van der Waals surface area (Å²) in [6, 6.07) is 6.39. The lowest BCUT2D eigenvalue weighted by atomic mass is 10.1. The lowest BCUT2D eigenvalue weighted by Gasteiger charge is -2.31. The van der Waals surface area contributed by atoms with Crippen LogP contribution >= 0.6 is 0 Å². The number of piperazine rings is 1. The van der Waals surface area contributed by atoms with E-state index < -0.39 is 10.0 Å². The van der Waals surface area contributed by atoms with E-state index >= 15 is 0 Å². The fourth-order valence-corrected chi connectivity index (χ4v) is 3.96. The molecule has 8 heteroatoms. The van der Waals surface area contributed by atoms with Crippen molar-refractivity contribution in [3.8, 4) is 0 Å². The molecule has 0 atom stereocenters. The standard InChI is InChI=1S/C16H24FN3O3S/c1-19-9-11-20(12-10-19)24(22,23)13-7-16(21)18-8-6-14-4-2-3-5-15(14)17/h2-5H,6-13H2,1H3,(H,18,21). The Morgan fingerprint density at radius 3 is 2.54 bits per heavy atom. The summed E-state index contributed by atoms with van der Waals surface area (Å²) in [5.74, 6) is -0.823. The van der Waals surface area contributed by atoms with Crippen molar-refractivity contribution < 1.29 is 17.6 Å². The second-order valence-electron chi connectivity index (χ2n) is 5.96. The number of hydrogen-bond acceptors (Lipinski definition) is 4. The molecule has 0 aliphatic carbocycles. The van der Waals surface area contributed by atoms with Crippen molar-refractivity contribution in [2.75, 3.05) is 45.5 Å². The number of hydrogen-bond donors (Lipinski definition) is 1. The van der Waals surface area contributed by atoms with Crippen LogP contribution in [-0.4, -0.2) is 69.1 Å². The van der Waals surface area contributed by atoms with Crippen LogP contribution in [0.4, 0.5) is 4.39 Å². The Kier molecular flexibility index (Phi) is 6.70. The van der Waals surface area contributed by atoms with E-state index in [1.807, 2.05) is 7.05 Å². The highest BCUT2D eigenvalue weighted by Gasteiger charge is 2.25. The zero-order valence-electron chi connectivity index (χ0n) is 13.9. The maximum atomic E-state index is 13.5. The van der Waals surface area contributed by atoms with Crippen LogP contribution in [0.3, 0.4) is 0 Å². The van der Waals surface area contributed by atoms with Crippen LogP contribution in [0.2, 0.25) is 0 Å². The largest absolute Gasteiger partial charge is 0.356 e. The molecule has 0 radical (unpaired) electrons. The number of sulfonamides is 1. The molecule has 0 aromatic heterocycles. The maximum Gasteiger partial charge on any atom is 0.221 e. The van der Waals surface area contributed by atoms with Gasteiger partial charge in [-0.2, -0.15) is 4.31 Å². The second kappa shape index (κ2) is 8.55. The van der Waals surface area contributed by atoms with Gasteiger partial charge in [-0.3, -0.25) is 4.79 Å². The van der Waals surface area contributed by atoms with E-state index in [0.717, 1.165) is 0 Å². The van der Waals surface area contributed by atoms with Gasteiger partial charge in [-0.15, -0.1) is 0 Å². The van der Waals surface area contributed by atoms with Crippen LogP contribution in [0.25, 0.3) is 0 Å². The lowest BCUT2D eigenvalue weighted by Crippen LogP contribution is -2.48. The molecule has 1 saturated heterocycles. The first-order chi connectivity index (χ1) is 11.4. The summed E-state index contributed by atoms with van der Waals surface area (Å²) < 4.78 is 39.3. The summed E-state index contributed by atoms with van der Waals surface area (Å²) in [7, 11) is -1.45. The summed E-state index contributed by atoms with van der Waals surface area (Å²) in [5, 5.41) is 2.64. The third kappa shape index (κ3) is 5.54. The third-order valence-electron chi connectivity index (χ3n) is 4.12. The minimum absolute atomic E-state index is 0.0774. The number of rotatable bonds is 7. The van der Waals surface area contributed by atoms with Gasteiger partial charge in [-0.05, 0) is 25.1 Å². The fourth-order valence-electron chi connectivity index (χ4n) is 2.54. The van der Waals surface area contributed by atoms with Crippen molar-refractivity contribution in [1.29, 1.82) is 0 Å². The van der Waals surface area contributed by atoms with E-state index in [0.29, 0.717) is 38.2 Å². The van der Waals surface area contributed by atoms with E-state index in [4.69, 9.17) is 0 Å². The molecular weight excluding hydrogens is 333 g/mol. The van der Waals surface area contributed by atoms with E-state index in [2.05, 4.69) is 10.2 Å². The molecule has 6 nitrogen and oxygen atoms in total. The number of carbonyl (C=O) groups is 1. The third-order valence-corrected chi connectivity index (χ3v) is 5.99. The maximum absolute atomic E-state index is 13.5. The van der Waals surface area contributed by atoms with Crippen molar-refractivity contribution in [2.24, 2.45) is 0 Å². The molecule has 0 unspecified atom stereocenters. The van der Waals surface area contributed by atoms with Gasteiger partial charge in [0.25, 0.3) is 0 Å². The monoisotopic (exact) mass is 357 g/mol. The molecular formula is C16H24FN3O3S. The van der Waals surface area contributed by atoms with Gasteiger partial charge in [0.2, 0.25) is 15.9 Å². The number of amides is 1. The predicted octanol–water partition coefficient (Wildman–Crippen LogP) is 0.452. The number of benzene rings is 1. The topological polar surface area (TPSA) is 69.7 Å². The normalized spacial score (nSPS) is 16.9. The van der Waals surface area contributed by atoms with Gasteiger partial charge in [0.05, 0.1) is 5.75 Å². The molecule has 1 aromatic carbocycles. The van der Waals surface area contributed by atoms with Crippen molar-refractivity contribution in [3.05, 3.63) is 35.6 Å². The average molecular weight is 357 g/mol. The van der Waals surface area contributed by atoms with Crippen LogP contribution in [0, 0.1) is 5.82 Å². The zero-order chi connectivity index (χ0) is 17.6. The minimum atomic E-state index is -3.40. The molecule has 1 aliphatic heterocycles. The molecule has 0 spiro atoms. The van der Waals surface area contributed by atoms with E-state index in [-0.39, 0.29) is 30.4 Å². The highest BCUT2D eigenvalue weighted by atomic mass is 32.2. The fraction of sp³-hybridized carbons (Fsp3) is 0.562. The molecule has 0 bridgehead atoms. The Bertz CT molecular complexity index is 658. The van der Waals surface area contributed by atoms with E-state index in [1.54, 1.807) is 18.2 Å². The lowest BCUT2D eigenvalue weighted by molar-refractivity contribution is -0.120. The Morgan fingerprint density at radius 2 is 1.88 bits per heavy atom. The first-order valence-corrected chi connectivity index (χ1v) is 9.66. The van der Waals surface area contributed by atoms with Gasteiger partial charge in [-0.1, -0.05) is 18.2 Å². The molecule has 24 heavy (non-hydrogen) atoms. The van der Waals surface area contributed by atoms with E-state index in [9.17, 15) is 17.6 Å². The number of nitrogens with one attached hydrogen (secondary N) is 1. The number of likely N-dealkylation sites (N-methyl/N-ethyl adjacent to an activating group) is 1. The van der Waals surface area contributed by atoms with Crippen molar-refractivity contribution in [3.63, 3.8) is 0 Å².